The van der Waals surface area contributed by atoms with Crippen molar-refractivity contribution >= 4 is 22.9 Å². The van der Waals surface area contributed by atoms with Crippen molar-refractivity contribution in [2.24, 2.45) is 0 Å². The highest BCUT2D eigenvalue weighted by atomic mass is 35.5. The predicted molar refractivity (Wildman–Crippen MR) is 55.1 cm³/mol. The van der Waals surface area contributed by atoms with Gasteiger partial charge in [0.15, 0.2) is 0 Å². The third-order valence-electron chi connectivity index (χ3n) is 1.62. The first-order valence-electron chi connectivity index (χ1n) is 3.80. The fraction of sp³-hybridized carbons (Fsp3) is 0. The Kier molecular flexibility index (Phi) is 2.44. The van der Waals surface area contributed by atoms with Crippen LogP contribution in [0.15, 0.2) is 24.3 Å². The summed E-state index contributed by atoms with van der Waals surface area (Å²) in [4.78, 5) is 0. The largest absolute Gasteiger partial charge is 0.218 e. The number of nitriles is 1. The molecule has 0 unspecified atom stereocenters. The molecule has 14 heavy (non-hydrogen) atoms. The van der Waals surface area contributed by atoms with Crippen LogP contribution in [0.5, 0.6) is 0 Å². The van der Waals surface area contributed by atoms with E-state index in [4.69, 9.17) is 16.9 Å². The van der Waals surface area contributed by atoms with Gasteiger partial charge in [-0.25, -0.2) is 0 Å². The van der Waals surface area contributed by atoms with E-state index >= 15 is 0 Å². The van der Waals surface area contributed by atoms with Crippen LogP contribution < -0.4 is 0 Å². The Labute approximate surface area is 89.6 Å². The van der Waals surface area contributed by atoms with Crippen molar-refractivity contribution in [1.29, 1.82) is 5.26 Å². The molecule has 0 aliphatic heterocycles. The molecule has 2 rings (SSSR count). The second-order valence-corrected chi connectivity index (χ2v) is 3.89. The minimum atomic E-state index is 0.347. The summed E-state index contributed by atoms with van der Waals surface area (Å²) in [5.74, 6) is 0. The molecule has 0 radical (unpaired) electrons. The normalized spacial score (nSPS) is 9.71. The van der Waals surface area contributed by atoms with E-state index in [1.54, 1.807) is 6.07 Å². The maximum absolute atomic E-state index is 8.59. The van der Waals surface area contributed by atoms with Gasteiger partial charge >= 0.3 is 0 Å². The molecule has 3 nitrogen and oxygen atoms in total. The summed E-state index contributed by atoms with van der Waals surface area (Å²) < 4.78 is 0. The van der Waals surface area contributed by atoms with E-state index < -0.39 is 0 Å². The highest BCUT2D eigenvalue weighted by molar-refractivity contribution is 7.15. The van der Waals surface area contributed by atoms with Gasteiger partial charge in [-0.2, -0.15) is 5.26 Å². The number of rotatable bonds is 1. The maximum Gasteiger partial charge on any atom is 0.218 e. The van der Waals surface area contributed by atoms with Crippen molar-refractivity contribution in [3.05, 3.63) is 34.3 Å². The van der Waals surface area contributed by atoms with Crippen LogP contribution in [0, 0.1) is 11.3 Å². The number of aromatic nitrogens is 2. The van der Waals surface area contributed by atoms with E-state index in [-0.39, 0.29) is 0 Å². The van der Waals surface area contributed by atoms with Crippen molar-refractivity contribution in [1.82, 2.24) is 10.2 Å². The fourth-order valence-corrected chi connectivity index (χ4v) is 1.97. The van der Waals surface area contributed by atoms with Crippen LogP contribution >= 0.6 is 22.9 Å². The zero-order valence-electron chi connectivity index (χ0n) is 6.94. The second-order valence-electron chi connectivity index (χ2n) is 2.50. The molecular weight excluding hydrogens is 218 g/mol. The van der Waals surface area contributed by atoms with Crippen LogP contribution in [-0.2, 0) is 0 Å². The van der Waals surface area contributed by atoms with E-state index in [0.717, 1.165) is 5.56 Å². The molecule has 68 valence electrons. The first kappa shape index (κ1) is 9.13. The lowest BCUT2D eigenvalue weighted by Crippen LogP contribution is -1.77. The van der Waals surface area contributed by atoms with Gasteiger partial charge in [0.1, 0.15) is 11.1 Å². The van der Waals surface area contributed by atoms with E-state index in [0.29, 0.717) is 15.0 Å². The molecule has 2 aromatic rings. The SMILES string of the molecule is N#Cc1nnc(-c2ccccc2Cl)s1. The van der Waals surface area contributed by atoms with Gasteiger partial charge in [-0.15, -0.1) is 10.2 Å². The lowest BCUT2D eigenvalue weighted by Gasteiger charge is -1.96. The van der Waals surface area contributed by atoms with Gasteiger partial charge in [-0.05, 0) is 6.07 Å². The summed E-state index contributed by atoms with van der Waals surface area (Å²) in [5, 5.41) is 17.8. The van der Waals surface area contributed by atoms with Crippen molar-refractivity contribution in [3.63, 3.8) is 0 Å². The van der Waals surface area contributed by atoms with Gasteiger partial charge in [0.25, 0.3) is 0 Å². The third-order valence-corrected chi connectivity index (χ3v) is 2.82. The number of halogens is 1. The Bertz CT molecular complexity index is 501. The molecule has 0 saturated heterocycles. The zero-order chi connectivity index (χ0) is 9.97. The van der Waals surface area contributed by atoms with Gasteiger partial charge in [0.2, 0.25) is 5.01 Å². The quantitative estimate of drug-likeness (QED) is 0.744. The van der Waals surface area contributed by atoms with Gasteiger partial charge in [-0.3, -0.25) is 0 Å². The topological polar surface area (TPSA) is 49.6 Å². The summed E-state index contributed by atoms with van der Waals surface area (Å²) in [6.45, 7) is 0. The maximum atomic E-state index is 8.59. The standard InChI is InChI=1S/C9H4ClN3S/c10-7-4-2-1-3-6(7)9-13-12-8(5-11)14-9/h1-4H. The van der Waals surface area contributed by atoms with Crippen LogP contribution in [0.3, 0.4) is 0 Å². The average molecular weight is 222 g/mol. The summed E-state index contributed by atoms with van der Waals surface area (Å²) >= 11 is 7.20. The Balaban J connectivity index is 2.51. The average Bonchev–Trinajstić information content (AvgIpc) is 2.67. The Hall–Kier alpha value is -1.44. The van der Waals surface area contributed by atoms with Gasteiger partial charge in [0.05, 0.1) is 5.02 Å². The van der Waals surface area contributed by atoms with Crippen molar-refractivity contribution in [2.75, 3.05) is 0 Å². The second kappa shape index (κ2) is 3.74. The van der Waals surface area contributed by atoms with Crippen LogP contribution in [0.25, 0.3) is 10.6 Å². The Morgan fingerprint density at radius 2 is 2.07 bits per heavy atom. The van der Waals surface area contributed by atoms with E-state index in [1.807, 2.05) is 24.3 Å². The number of nitrogens with zero attached hydrogens (tertiary/aromatic N) is 3. The van der Waals surface area contributed by atoms with Crippen LogP contribution in [0.4, 0.5) is 0 Å². The minimum absolute atomic E-state index is 0.347. The smallest absolute Gasteiger partial charge is 0.190 e. The predicted octanol–water partition coefficient (Wildman–Crippen LogP) is 2.73. The van der Waals surface area contributed by atoms with Gasteiger partial charge in [0, 0.05) is 5.56 Å². The highest BCUT2D eigenvalue weighted by Gasteiger charge is 2.08. The summed E-state index contributed by atoms with van der Waals surface area (Å²) in [7, 11) is 0. The van der Waals surface area contributed by atoms with E-state index in [1.165, 1.54) is 11.3 Å². The van der Waals surface area contributed by atoms with E-state index in [2.05, 4.69) is 10.2 Å². The van der Waals surface area contributed by atoms with Crippen LogP contribution in [0.2, 0.25) is 5.02 Å². The molecule has 0 aliphatic carbocycles. The lowest BCUT2D eigenvalue weighted by molar-refractivity contribution is 1.08. The van der Waals surface area contributed by atoms with Crippen molar-refractivity contribution < 1.29 is 0 Å². The molecule has 0 bridgehead atoms. The molecule has 1 heterocycles. The Morgan fingerprint density at radius 1 is 1.29 bits per heavy atom. The molecule has 0 fully saturated rings. The Morgan fingerprint density at radius 3 is 2.71 bits per heavy atom. The molecule has 0 aliphatic rings. The lowest BCUT2D eigenvalue weighted by atomic mass is 10.2. The molecule has 0 spiro atoms. The molecular formula is C9H4ClN3S. The molecule has 0 atom stereocenters. The number of hydrogen-bond donors (Lipinski definition) is 0. The number of benzene rings is 1. The minimum Gasteiger partial charge on any atom is -0.190 e. The molecule has 0 saturated carbocycles. The van der Waals surface area contributed by atoms with Gasteiger partial charge in [-0.1, -0.05) is 41.1 Å². The monoisotopic (exact) mass is 221 g/mol. The first-order chi connectivity index (χ1) is 6.81. The molecule has 0 N–H and O–H groups in total. The summed E-state index contributed by atoms with van der Waals surface area (Å²) in [5.41, 5.74) is 0.813. The molecule has 1 aromatic heterocycles. The van der Waals surface area contributed by atoms with Crippen molar-refractivity contribution in [3.8, 4) is 16.6 Å². The fourth-order valence-electron chi connectivity index (χ4n) is 1.01. The summed E-state index contributed by atoms with van der Waals surface area (Å²) in [6.07, 6.45) is 0. The molecule has 0 amide bonds. The first-order valence-corrected chi connectivity index (χ1v) is 4.99. The van der Waals surface area contributed by atoms with Crippen molar-refractivity contribution in [2.45, 2.75) is 0 Å². The molecule has 1 aromatic carbocycles. The third kappa shape index (κ3) is 1.60. The van der Waals surface area contributed by atoms with E-state index in [9.17, 15) is 0 Å². The van der Waals surface area contributed by atoms with Crippen LogP contribution in [0.1, 0.15) is 5.01 Å². The van der Waals surface area contributed by atoms with Gasteiger partial charge < -0.3 is 0 Å². The summed E-state index contributed by atoms with van der Waals surface area (Å²) in [6, 6.07) is 9.29. The zero-order valence-corrected chi connectivity index (χ0v) is 8.51. The highest BCUT2D eigenvalue weighted by Crippen LogP contribution is 2.29. The van der Waals surface area contributed by atoms with Crippen LogP contribution in [-0.4, -0.2) is 10.2 Å². The molecule has 5 heteroatoms. The number of hydrogen-bond acceptors (Lipinski definition) is 4.